The van der Waals surface area contributed by atoms with Gasteiger partial charge in [-0.25, -0.2) is 18.0 Å². The standard InChI is InChI=1S/C34H47N3O12S/c1-22(2)18-37(50(41,42)25-10-11-29-30(17-25)48-21-47-29)19-28(38)27(36-34(40)49-31-20-46-32-26(31)12-15-44-32)16-23-6-8-24(9-7-23)43-13-4-5-14-45-33(39)35-3/h6-11,17,22,26-28,31-32,38H,4-5,12-16,18-21H2,1-3H3,(H,35,39)(H,36,40). The summed E-state index contributed by atoms with van der Waals surface area (Å²) in [6, 6.07) is 10.7. The highest BCUT2D eigenvalue weighted by Crippen LogP contribution is 2.35. The lowest BCUT2D eigenvalue weighted by atomic mass is 10.0. The molecule has 2 fully saturated rings. The van der Waals surface area contributed by atoms with E-state index in [-0.39, 0.29) is 56.2 Å². The van der Waals surface area contributed by atoms with Crippen LogP contribution in [0.25, 0.3) is 0 Å². The van der Waals surface area contributed by atoms with Gasteiger partial charge in [-0.1, -0.05) is 26.0 Å². The number of fused-ring (bicyclic) bond motifs is 2. The van der Waals surface area contributed by atoms with Crippen molar-refractivity contribution in [1.29, 1.82) is 0 Å². The van der Waals surface area contributed by atoms with Crippen LogP contribution >= 0.6 is 0 Å². The highest BCUT2D eigenvalue weighted by Gasteiger charge is 2.44. The van der Waals surface area contributed by atoms with Crippen molar-refractivity contribution in [3.05, 3.63) is 48.0 Å². The van der Waals surface area contributed by atoms with Crippen molar-refractivity contribution in [2.24, 2.45) is 11.8 Å². The molecule has 0 saturated carbocycles. The number of carbonyl (C=O) groups is 2. The molecule has 2 amide bonds. The van der Waals surface area contributed by atoms with Gasteiger partial charge in [-0.15, -0.1) is 0 Å². The summed E-state index contributed by atoms with van der Waals surface area (Å²) >= 11 is 0. The third kappa shape index (κ3) is 9.90. The Morgan fingerprint density at radius 2 is 1.76 bits per heavy atom. The number of rotatable bonds is 17. The zero-order chi connectivity index (χ0) is 35.7. The SMILES string of the molecule is CNC(=O)OCCCCOc1ccc(CC(NC(=O)OC2COC3OCCC23)C(O)CN(CC(C)C)S(=O)(=O)c2ccc3c(c2)OCO3)cc1. The van der Waals surface area contributed by atoms with Gasteiger partial charge in [0.2, 0.25) is 16.8 Å². The van der Waals surface area contributed by atoms with Crippen LogP contribution in [0.15, 0.2) is 47.4 Å². The molecule has 16 heteroatoms. The first-order chi connectivity index (χ1) is 24.0. The highest BCUT2D eigenvalue weighted by molar-refractivity contribution is 7.89. The summed E-state index contributed by atoms with van der Waals surface area (Å²) in [6.07, 6.45) is -1.25. The maximum atomic E-state index is 13.9. The van der Waals surface area contributed by atoms with E-state index in [9.17, 15) is 23.1 Å². The van der Waals surface area contributed by atoms with Gasteiger partial charge in [0.05, 0.1) is 49.4 Å². The molecule has 3 N–H and O–H groups in total. The molecule has 15 nitrogen and oxygen atoms in total. The van der Waals surface area contributed by atoms with E-state index in [0.29, 0.717) is 49.7 Å². The minimum atomic E-state index is -4.08. The molecule has 0 bridgehead atoms. The Bertz CT molecular complexity index is 1540. The molecular formula is C34H47N3O12S. The third-order valence-corrected chi connectivity index (χ3v) is 10.4. The van der Waals surface area contributed by atoms with E-state index in [4.69, 9.17) is 33.2 Å². The molecule has 0 aliphatic carbocycles. The van der Waals surface area contributed by atoms with Crippen molar-refractivity contribution in [3.8, 4) is 17.2 Å². The van der Waals surface area contributed by atoms with Crippen LogP contribution in [-0.2, 0) is 35.4 Å². The smallest absolute Gasteiger partial charge is 0.407 e. The zero-order valence-electron chi connectivity index (χ0n) is 28.6. The monoisotopic (exact) mass is 721 g/mol. The summed E-state index contributed by atoms with van der Waals surface area (Å²) < 4.78 is 67.4. The number of ether oxygens (including phenoxy) is 7. The maximum Gasteiger partial charge on any atom is 0.407 e. The number of sulfonamides is 1. The normalized spacial score (nSPS) is 20.7. The van der Waals surface area contributed by atoms with E-state index in [1.165, 1.54) is 23.5 Å². The maximum absolute atomic E-state index is 13.9. The van der Waals surface area contributed by atoms with Crippen LogP contribution in [0, 0.1) is 11.8 Å². The fourth-order valence-electron chi connectivity index (χ4n) is 5.96. The van der Waals surface area contributed by atoms with Crippen LogP contribution < -0.4 is 24.8 Å². The molecule has 50 heavy (non-hydrogen) atoms. The van der Waals surface area contributed by atoms with Crippen LogP contribution in [-0.4, -0.2) is 108 Å². The summed E-state index contributed by atoms with van der Waals surface area (Å²) in [5.41, 5.74) is 0.767. The molecule has 0 spiro atoms. The molecule has 5 unspecified atom stereocenters. The van der Waals surface area contributed by atoms with Crippen molar-refractivity contribution in [3.63, 3.8) is 0 Å². The van der Waals surface area contributed by atoms with E-state index >= 15 is 0 Å². The van der Waals surface area contributed by atoms with Crippen LogP contribution in [0.1, 0.15) is 38.7 Å². The van der Waals surface area contributed by atoms with E-state index in [0.717, 1.165) is 5.56 Å². The molecule has 3 heterocycles. The number of aliphatic hydroxyl groups excluding tert-OH is 1. The Morgan fingerprint density at radius 1 is 1.00 bits per heavy atom. The topological polar surface area (TPSA) is 180 Å². The molecule has 0 aromatic heterocycles. The molecule has 2 aromatic carbocycles. The zero-order valence-corrected chi connectivity index (χ0v) is 29.4. The van der Waals surface area contributed by atoms with Crippen LogP contribution in [0.3, 0.4) is 0 Å². The second-order valence-electron chi connectivity index (χ2n) is 12.8. The molecule has 3 aliphatic heterocycles. The first-order valence-corrected chi connectivity index (χ1v) is 18.3. The molecule has 0 radical (unpaired) electrons. The van der Waals surface area contributed by atoms with Gasteiger partial charge in [0.15, 0.2) is 17.8 Å². The number of nitrogens with zero attached hydrogens (tertiary/aromatic N) is 1. The minimum absolute atomic E-state index is 0.00103. The first kappa shape index (κ1) is 37.4. The molecule has 2 saturated heterocycles. The highest BCUT2D eigenvalue weighted by atomic mass is 32.2. The number of unbranched alkanes of at least 4 members (excludes halogenated alkanes) is 1. The van der Waals surface area contributed by atoms with Gasteiger partial charge in [-0.3, -0.25) is 0 Å². The molecule has 3 aliphatic rings. The van der Waals surface area contributed by atoms with Gasteiger partial charge in [0.25, 0.3) is 0 Å². The predicted octanol–water partition coefficient (Wildman–Crippen LogP) is 3.04. The molecule has 276 valence electrons. The number of amides is 2. The molecule has 5 rings (SSSR count). The van der Waals surface area contributed by atoms with Gasteiger partial charge < -0.3 is 48.9 Å². The Morgan fingerprint density at radius 3 is 2.52 bits per heavy atom. The number of alkyl carbamates (subject to hydrolysis) is 2. The van der Waals surface area contributed by atoms with Gasteiger partial charge in [-0.05, 0) is 61.4 Å². The second kappa shape index (κ2) is 17.4. The van der Waals surface area contributed by atoms with Gasteiger partial charge >= 0.3 is 12.2 Å². The molecular weight excluding hydrogens is 674 g/mol. The summed E-state index contributed by atoms with van der Waals surface area (Å²) in [6.45, 7) is 5.03. The van der Waals surface area contributed by atoms with E-state index in [1.807, 2.05) is 26.0 Å². The lowest BCUT2D eigenvalue weighted by Gasteiger charge is -2.31. The Labute approximate surface area is 292 Å². The van der Waals surface area contributed by atoms with E-state index < -0.39 is 46.7 Å². The minimum Gasteiger partial charge on any atom is -0.494 e. The van der Waals surface area contributed by atoms with Crippen molar-refractivity contribution in [1.82, 2.24) is 14.9 Å². The lowest BCUT2D eigenvalue weighted by molar-refractivity contribution is -0.0907. The number of benzene rings is 2. The van der Waals surface area contributed by atoms with E-state index in [1.54, 1.807) is 18.2 Å². The Kier molecular flexibility index (Phi) is 13.0. The Hall–Kier alpha value is -3.83. The lowest BCUT2D eigenvalue weighted by Crippen LogP contribution is -2.51. The van der Waals surface area contributed by atoms with Crippen molar-refractivity contribution < 1.29 is 56.3 Å². The number of hydrogen-bond acceptors (Lipinski definition) is 12. The van der Waals surface area contributed by atoms with Gasteiger partial charge in [0.1, 0.15) is 11.9 Å². The van der Waals surface area contributed by atoms with Crippen LogP contribution in [0.2, 0.25) is 0 Å². The fraction of sp³-hybridized carbons (Fsp3) is 0.588. The fourth-order valence-corrected chi connectivity index (χ4v) is 7.60. The predicted molar refractivity (Wildman–Crippen MR) is 178 cm³/mol. The molecule has 2 aromatic rings. The number of carbonyl (C=O) groups excluding carboxylic acids is 2. The second-order valence-corrected chi connectivity index (χ2v) is 14.7. The third-order valence-electron chi connectivity index (χ3n) is 8.58. The number of hydrogen-bond donors (Lipinski definition) is 3. The molecule has 5 atom stereocenters. The summed E-state index contributed by atoms with van der Waals surface area (Å²) in [7, 11) is -2.58. The van der Waals surface area contributed by atoms with Crippen molar-refractivity contribution in [2.75, 3.05) is 53.4 Å². The summed E-state index contributed by atoms with van der Waals surface area (Å²) in [5, 5.41) is 16.8. The average Bonchev–Trinajstić information content (AvgIpc) is 3.85. The largest absolute Gasteiger partial charge is 0.494 e. The summed E-state index contributed by atoms with van der Waals surface area (Å²) in [5.74, 6) is 1.26. The quantitative estimate of drug-likeness (QED) is 0.204. The van der Waals surface area contributed by atoms with Crippen LogP contribution in [0.5, 0.6) is 17.2 Å². The Balaban J connectivity index is 1.26. The van der Waals surface area contributed by atoms with Gasteiger partial charge in [-0.2, -0.15) is 4.31 Å². The van der Waals surface area contributed by atoms with Crippen molar-refractivity contribution >= 4 is 22.2 Å². The van der Waals surface area contributed by atoms with Crippen LogP contribution in [0.4, 0.5) is 9.59 Å². The summed E-state index contributed by atoms with van der Waals surface area (Å²) in [4.78, 5) is 24.4. The van der Waals surface area contributed by atoms with Gasteiger partial charge in [0, 0.05) is 26.2 Å². The van der Waals surface area contributed by atoms with E-state index in [2.05, 4.69) is 10.6 Å². The average molecular weight is 722 g/mol. The van der Waals surface area contributed by atoms with Crippen molar-refractivity contribution in [2.45, 2.75) is 69.0 Å². The first-order valence-electron chi connectivity index (χ1n) is 16.9. The number of aliphatic hydroxyl groups is 1. The number of nitrogens with one attached hydrogen (secondary N) is 2.